The molecule has 0 saturated carbocycles. The van der Waals surface area contributed by atoms with Gasteiger partial charge in [0.05, 0.1) is 5.97 Å². The zero-order valence-electron chi connectivity index (χ0n) is 12.0. The van der Waals surface area contributed by atoms with Crippen LogP contribution in [0.2, 0.25) is 0 Å². The van der Waals surface area contributed by atoms with E-state index < -0.39 is 48.3 Å². The Balaban J connectivity index is -0.0000000933. The van der Waals surface area contributed by atoms with Gasteiger partial charge in [-0.1, -0.05) is 0 Å². The van der Waals surface area contributed by atoms with Gasteiger partial charge in [0.15, 0.2) is 0 Å². The van der Waals surface area contributed by atoms with Crippen molar-refractivity contribution in [3.63, 3.8) is 0 Å². The monoisotopic (exact) mass is 348 g/mol. The first kappa shape index (κ1) is 33.8. The SMILES string of the molecule is O=C(O)C(=O)O.O=C([O-])CC(O)(CC(=O)[O-])C(=O)[O-].[Na+].[Na+].[Na+]. The molecule has 0 unspecified atom stereocenters. The van der Waals surface area contributed by atoms with Crippen LogP contribution >= 0.6 is 0 Å². The van der Waals surface area contributed by atoms with Crippen molar-refractivity contribution in [2.24, 2.45) is 0 Å². The standard InChI is InChI=1S/C6H8O7.C2H2O4.3Na/c7-3(8)1-6(13,5(11)12)2-4(9)10;3-1(4)2(5)6;;;/h13H,1-2H2,(H,7,8)(H,9,10)(H,11,12);(H,3,4)(H,5,6);;;/q;;3*+1/p-3. The Morgan fingerprint density at radius 2 is 0.955 bits per heavy atom. The van der Waals surface area contributed by atoms with Gasteiger partial charge in [0.1, 0.15) is 5.60 Å². The van der Waals surface area contributed by atoms with E-state index in [0.717, 1.165) is 0 Å². The summed E-state index contributed by atoms with van der Waals surface area (Å²) >= 11 is 0. The average molecular weight is 348 g/mol. The number of carboxylic acids is 5. The summed E-state index contributed by atoms with van der Waals surface area (Å²) in [6.07, 6.45) is -2.72. The van der Waals surface area contributed by atoms with Gasteiger partial charge in [0, 0.05) is 24.8 Å². The molecular weight excluding hydrogens is 341 g/mol. The third kappa shape index (κ3) is 18.4. The Morgan fingerprint density at radius 1 is 0.727 bits per heavy atom. The van der Waals surface area contributed by atoms with Gasteiger partial charge < -0.3 is 45.0 Å². The summed E-state index contributed by atoms with van der Waals surface area (Å²) < 4.78 is 0. The number of rotatable bonds is 5. The fraction of sp³-hybridized carbons (Fsp3) is 0.375. The number of hydrogen-bond acceptors (Lipinski definition) is 9. The van der Waals surface area contributed by atoms with Gasteiger partial charge in [-0.3, -0.25) is 0 Å². The van der Waals surface area contributed by atoms with Crippen LogP contribution in [-0.4, -0.2) is 50.8 Å². The van der Waals surface area contributed by atoms with Crippen molar-refractivity contribution in [1.29, 1.82) is 0 Å². The van der Waals surface area contributed by atoms with Gasteiger partial charge in [-0.05, 0) is 0 Å². The molecule has 0 saturated heterocycles. The maximum absolute atomic E-state index is 10.1. The summed E-state index contributed by atoms with van der Waals surface area (Å²) in [6.45, 7) is 0. The second-order valence-corrected chi connectivity index (χ2v) is 3.03. The van der Waals surface area contributed by atoms with Crippen LogP contribution in [-0.2, 0) is 24.0 Å². The number of aliphatic hydroxyl groups is 1. The summed E-state index contributed by atoms with van der Waals surface area (Å²) in [6, 6.07) is 0. The first-order valence-corrected chi connectivity index (χ1v) is 4.22. The van der Waals surface area contributed by atoms with Crippen LogP contribution in [0.5, 0.6) is 0 Å². The largest absolute Gasteiger partial charge is 1.00 e. The molecule has 108 valence electrons. The van der Waals surface area contributed by atoms with Crippen LogP contribution in [0.1, 0.15) is 12.8 Å². The van der Waals surface area contributed by atoms with E-state index in [2.05, 4.69) is 0 Å². The molecule has 0 amide bonds. The van der Waals surface area contributed by atoms with Crippen molar-refractivity contribution in [2.75, 3.05) is 0 Å². The van der Waals surface area contributed by atoms with Gasteiger partial charge >= 0.3 is 101 Å². The molecular formula is C8H7Na3O11. The minimum Gasteiger partial charge on any atom is -0.550 e. The molecule has 0 heterocycles. The molecule has 0 aliphatic heterocycles. The summed E-state index contributed by atoms with van der Waals surface area (Å²) in [5, 5.41) is 53.7. The van der Waals surface area contributed by atoms with E-state index in [1.807, 2.05) is 0 Å². The van der Waals surface area contributed by atoms with Crippen LogP contribution in [0, 0.1) is 0 Å². The van der Waals surface area contributed by atoms with Crippen LogP contribution in [0.3, 0.4) is 0 Å². The Kier molecular flexibility index (Phi) is 24.9. The first-order valence-electron chi connectivity index (χ1n) is 4.22. The molecule has 14 heteroatoms. The summed E-state index contributed by atoms with van der Waals surface area (Å²) in [5.74, 6) is -9.63. The molecule has 0 radical (unpaired) electrons. The maximum Gasteiger partial charge on any atom is 1.00 e. The van der Waals surface area contributed by atoms with Gasteiger partial charge in [0.2, 0.25) is 0 Å². The van der Waals surface area contributed by atoms with E-state index in [-0.39, 0.29) is 88.7 Å². The number of carbonyl (C=O) groups is 5. The second-order valence-electron chi connectivity index (χ2n) is 3.03. The normalized spacial score (nSPS) is 8.41. The second kappa shape index (κ2) is 16.2. The molecule has 0 aliphatic rings. The molecule has 0 aromatic rings. The van der Waals surface area contributed by atoms with Crippen molar-refractivity contribution >= 4 is 29.8 Å². The van der Waals surface area contributed by atoms with E-state index in [9.17, 15) is 29.7 Å². The third-order valence-electron chi connectivity index (χ3n) is 1.44. The van der Waals surface area contributed by atoms with Crippen LogP contribution in [0.25, 0.3) is 0 Å². The van der Waals surface area contributed by atoms with Crippen LogP contribution in [0.15, 0.2) is 0 Å². The van der Waals surface area contributed by atoms with Crippen molar-refractivity contribution in [3.05, 3.63) is 0 Å². The number of carbonyl (C=O) groups excluding carboxylic acids is 3. The van der Waals surface area contributed by atoms with Gasteiger partial charge in [-0.2, -0.15) is 0 Å². The zero-order chi connectivity index (χ0) is 15.8. The molecule has 0 rings (SSSR count). The van der Waals surface area contributed by atoms with Gasteiger partial charge in [-0.25, -0.2) is 9.59 Å². The molecule has 0 aromatic heterocycles. The molecule has 3 N–H and O–H groups in total. The van der Waals surface area contributed by atoms with E-state index in [4.69, 9.17) is 24.9 Å². The molecule has 0 bridgehead atoms. The molecule has 0 aromatic carbocycles. The maximum atomic E-state index is 10.1. The Bertz CT molecular complexity index is 380. The third-order valence-corrected chi connectivity index (χ3v) is 1.44. The van der Waals surface area contributed by atoms with Crippen LogP contribution in [0.4, 0.5) is 0 Å². The summed E-state index contributed by atoms with van der Waals surface area (Å²) in [7, 11) is 0. The minimum atomic E-state index is -2.97. The number of aliphatic carboxylic acids is 5. The van der Waals surface area contributed by atoms with Crippen molar-refractivity contribution in [1.82, 2.24) is 0 Å². The predicted octanol–water partition coefficient (Wildman–Crippen LogP) is -15.1. The van der Waals surface area contributed by atoms with E-state index in [1.54, 1.807) is 0 Å². The summed E-state index contributed by atoms with van der Waals surface area (Å²) in [4.78, 5) is 48.2. The molecule has 0 spiro atoms. The molecule has 0 aliphatic carbocycles. The van der Waals surface area contributed by atoms with Crippen molar-refractivity contribution in [3.8, 4) is 0 Å². The van der Waals surface area contributed by atoms with Gasteiger partial charge in [-0.15, -0.1) is 0 Å². The Labute approximate surface area is 189 Å². The quantitative estimate of drug-likeness (QED) is 0.313. The van der Waals surface area contributed by atoms with Gasteiger partial charge in [0.25, 0.3) is 0 Å². The average Bonchev–Trinajstić information content (AvgIpc) is 2.14. The van der Waals surface area contributed by atoms with Crippen LogP contribution < -0.4 is 104 Å². The minimum absolute atomic E-state index is 0. The fourth-order valence-electron chi connectivity index (χ4n) is 0.684. The number of hydrogen-bond donors (Lipinski definition) is 3. The molecule has 0 fully saturated rings. The fourth-order valence-corrected chi connectivity index (χ4v) is 0.684. The Morgan fingerprint density at radius 3 is 1.05 bits per heavy atom. The zero-order valence-corrected chi connectivity index (χ0v) is 18.0. The topological polar surface area (TPSA) is 215 Å². The number of carboxylic acid groups (broad SMARTS) is 5. The van der Waals surface area contributed by atoms with Crippen molar-refractivity contribution < 1.29 is 143 Å². The predicted molar refractivity (Wildman–Crippen MR) is 44.5 cm³/mol. The Hall–Kier alpha value is 0.310. The van der Waals surface area contributed by atoms with Crippen molar-refractivity contribution in [2.45, 2.75) is 18.4 Å². The first-order chi connectivity index (χ1) is 8.42. The molecule has 0 atom stereocenters. The van der Waals surface area contributed by atoms with E-state index >= 15 is 0 Å². The van der Waals surface area contributed by atoms with E-state index in [1.165, 1.54) is 0 Å². The smallest absolute Gasteiger partial charge is 0.550 e. The summed E-state index contributed by atoms with van der Waals surface area (Å²) in [5.41, 5.74) is -2.97. The van der Waals surface area contributed by atoms with E-state index in [0.29, 0.717) is 0 Å². The molecule has 22 heavy (non-hydrogen) atoms. The molecule has 11 nitrogen and oxygen atoms in total.